The fraction of sp³-hybridized carbons (Fsp3) is 0.357. The third kappa shape index (κ3) is 2.85. The maximum Gasteiger partial charge on any atom is 0.207 e. The molecule has 0 aliphatic carbocycles. The SMILES string of the molecule is CCCn1cc(C)nc1Nc1cccc(I)c1C. The number of rotatable bonds is 4. The lowest BCUT2D eigenvalue weighted by Crippen LogP contribution is -2.04. The Morgan fingerprint density at radius 3 is 2.83 bits per heavy atom. The molecule has 0 atom stereocenters. The summed E-state index contributed by atoms with van der Waals surface area (Å²) < 4.78 is 3.44. The number of halogens is 1. The van der Waals surface area contributed by atoms with Crippen molar-refractivity contribution in [2.75, 3.05) is 5.32 Å². The second-order valence-electron chi connectivity index (χ2n) is 4.44. The predicted octanol–water partition coefficient (Wildman–Crippen LogP) is 4.26. The quantitative estimate of drug-likeness (QED) is 0.831. The van der Waals surface area contributed by atoms with E-state index in [1.54, 1.807) is 0 Å². The van der Waals surface area contributed by atoms with E-state index in [1.807, 2.05) is 6.92 Å². The van der Waals surface area contributed by atoms with Gasteiger partial charge in [0.05, 0.1) is 5.69 Å². The van der Waals surface area contributed by atoms with Crippen LogP contribution < -0.4 is 5.32 Å². The molecule has 2 rings (SSSR count). The van der Waals surface area contributed by atoms with Crippen LogP contribution in [0.1, 0.15) is 24.6 Å². The highest BCUT2D eigenvalue weighted by Crippen LogP contribution is 2.24. The Morgan fingerprint density at radius 1 is 1.33 bits per heavy atom. The molecule has 0 radical (unpaired) electrons. The van der Waals surface area contributed by atoms with Crippen molar-refractivity contribution in [1.82, 2.24) is 9.55 Å². The topological polar surface area (TPSA) is 29.9 Å². The summed E-state index contributed by atoms with van der Waals surface area (Å²) in [5.74, 6) is 0.930. The molecule has 0 saturated heterocycles. The molecule has 2 aromatic rings. The fourth-order valence-corrected chi connectivity index (χ4v) is 2.42. The van der Waals surface area contributed by atoms with Crippen LogP contribution >= 0.6 is 22.6 Å². The van der Waals surface area contributed by atoms with Gasteiger partial charge in [-0.05, 0) is 60.6 Å². The smallest absolute Gasteiger partial charge is 0.207 e. The van der Waals surface area contributed by atoms with Crippen LogP contribution in [0.4, 0.5) is 11.6 Å². The second-order valence-corrected chi connectivity index (χ2v) is 5.60. The van der Waals surface area contributed by atoms with E-state index < -0.39 is 0 Å². The molecule has 1 N–H and O–H groups in total. The van der Waals surface area contributed by atoms with E-state index in [9.17, 15) is 0 Å². The lowest BCUT2D eigenvalue weighted by Gasteiger charge is -2.11. The number of anilines is 2. The van der Waals surface area contributed by atoms with Crippen molar-refractivity contribution in [3.63, 3.8) is 0 Å². The van der Waals surface area contributed by atoms with Crippen LogP contribution in [0.3, 0.4) is 0 Å². The standard InChI is InChI=1S/C14H18IN3/c1-4-8-18-9-10(2)16-14(18)17-13-7-5-6-12(15)11(13)3/h5-7,9H,4,8H2,1-3H3,(H,16,17). The van der Waals surface area contributed by atoms with Crippen LogP contribution in [0.15, 0.2) is 24.4 Å². The molecule has 1 heterocycles. The van der Waals surface area contributed by atoms with E-state index in [2.05, 4.69) is 75.7 Å². The van der Waals surface area contributed by atoms with Gasteiger partial charge in [0, 0.05) is 22.0 Å². The second kappa shape index (κ2) is 5.73. The molecule has 0 spiro atoms. The minimum Gasteiger partial charge on any atom is -0.325 e. The fourth-order valence-electron chi connectivity index (χ4n) is 1.92. The van der Waals surface area contributed by atoms with Crippen molar-refractivity contribution in [3.05, 3.63) is 39.2 Å². The number of hydrogen-bond donors (Lipinski definition) is 1. The molecule has 18 heavy (non-hydrogen) atoms. The summed E-state index contributed by atoms with van der Waals surface area (Å²) >= 11 is 2.36. The van der Waals surface area contributed by atoms with Crippen LogP contribution in [0.25, 0.3) is 0 Å². The van der Waals surface area contributed by atoms with Gasteiger partial charge in [0.15, 0.2) is 0 Å². The molecule has 96 valence electrons. The van der Waals surface area contributed by atoms with E-state index in [0.29, 0.717) is 0 Å². The first-order chi connectivity index (χ1) is 8.61. The zero-order chi connectivity index (χ0) is 13.1. The lowest BCUT2D eigenvalue weighted by atomic mass is 10.2. The highest BCUT2D eigenvalue weighted by atomic mass is 127. The van der Waals surface area contributed by atoms with Crippen molar-refractivity contribution in [2.45, 2.75) is 33.7 Å². The van der Waals surface area contributed by atoms with Gasteiger partial charge in [-0.15, -0.1) is 0 Å². The van der Waals surface area contributed by atoms with Gasteiger partial charge in [0.1, 0.15) is 0 Å². The Hall–Kier alpha value is -1.04. The number of hydrogen-bond acceptors (Lipinski definition) is 2. The minimum atomic E-state index is 0.930. The minimum absolute atomic E-state index is 0.930. The summed E-state index contributed by atoms with van der Waals surface area (Å²) in [4.78, 5) is 4.54. The molecule has 4 heteroatoms. The van der Waals surface area contributed by atoms with Crippen molar-refractivity contribution < 1.29 is 0 Å². The zero-order valence-electron chi connectivity index (χ0n) is 11.0. The molecule has 0 aliphatic heterocycles. The molecular weight excluding hydrogens is 337 g/mol. The lowest BCUT2D eigenvalue weighted by molar-refractivity contribution is 0.686. The molecule has 0 saturated carbocycles. The summed E-state index contributed by atoms with van der Waals surface area (Å²) in [5.41, 5.74) is 3.45. The van der Waals surface area contributed by atoms with Gasteiger partial charge in [0.2, 0.25) is 5.95 Å². The van der Waals surface area contributed by atoms with Gasteiger partial charge < -0.3 is 9.88 Å². The first-order valence-corrected chi connectivity index (χ1v) is 7.25. The van der Waals surface area contributed by atoms with Crippen LogP contribution in [0, 0.1) is 17.4 Å². The van der Waals surface area contributed by atoms with Gasteiger partial charge in [-0.25, -0.2) is 4.98 Å². The number of imidazole rings is 1. The van der Waals surface area contributed by atoms with Gasteiger partial charge in [-0.1, -0.05) is 13.0 Å². The van der Waals surface area contributed by atoms with E-state index >= 15 is 0 Å². The molecule has 0 unspecified atom stereocenters. The van der Waals surface area contributed by atoms with Gasteiger partial charge in [0.25, 0.3) is 0 Å². The highest BCUT2D eigenvalue weighted by Gasteiger charge is 2.07. The maximum atomic E-state index is 4.54. The van der Waals surface area contributed by atoms with Gasteiger partial charge >= 0.3 is 0 Å². The number of aryl methyl sites for hydroxylation is 2. The van der Waals surface area contributed by atoms with Crippen molar-refractivity contribution >= 4 is 34.2 Å². The Morgan fingerprint density at radius 2 is 2.11 bits per heavy atom. The number of nitrogens with zero attached hydrogens (tertiary/aromatic N) is 2. The molecular formula is C14H18IN3. The van der Waals surface area contributed by atoms with E-state index in [4.69, 9.17) is 0 Å². The number of nitrogens with one attached hydrogen (secondary N) is 1. The van der Waals surface area contributed by atoms with Crippen LogP contribution in [-0.2, 0) is 6.54 Å². The van der Waals surface area contributed by atoms with Crippen molar-refractivity contribution in [1.29, 1.82) is 0 Å². The molecule has 0 bridgehead atoms. The van der Waals surface area contributed by atoms with E-state index in [-0.39, 0.29) is 0 Å². The average molecular weight is 355 g/mol. The predicted molar refractivity (Wildman–Crippen MR) is 84.4 cm³/mol. The normalized spacial score (nSPS) is 10.7. The monoisotopic (exact) mass is 355 g/mol. The highest BCUT2D eigenvalue weighted by molar-refractivity contribution is 14.1. The van der Waals surface area contributed by atoms with Gasteiger partial charge in [-0.2, -0.15) is 0 Å². The molecule has 1 aromatic heterocycles. The summed E-state index contributed by atoms with van der Waals surface area (Å²) in [6, 6.07) is 6.28. The van der Waals surface area contributed by atoms with Crippen LogP contribution in [-0.4, -0.2) is 9.55 Å². The molecule has 1 aromatic carbocycles. The third-order valence-corrected chi connectivity index (χ3v) is 4.04. The number of aromatic nitrogens is 2. The zero-order valence-corrected chi connectivity index (χ0v) is 13.2. The van der Waals surface area contributed by atoms with Crippen LogP contribution in [0.5, 0.6) is 0 Å². The Balaban J connectivity index is 2.30. The van der Waals surface area contributed by atoms with E-state index in [0.717, 1.165) is 30.3 Å². The molecule has 0 fully saturated rings. The first kappa shape index (κ1) is 13.4. The van der Waals surface area contributed by atoms with E-state index in [1.165, 1.54) is 9.13 Å². The summed E-state index contributed by atoms with van der Waals surface area (Å²) in [6.07, 6.45) is 3.20. The number of benzene rings is 1. The van der Waals surface area contributed by atoms with Gasteiger partial charge in [-0.3, -0.25) is 0 Å². The third-order valence-electron chi connectivity index (χ3n) is 2.88. The van der Waals surface area contributed by atoms with Crippen molar-refractivity contribution in [3.8, 4) is 0 Å². The Bertz CT molecular complexity index is 546. The summed E-state index contributed by atoms with van der Waals surface area (Å²) in [7, 11) is 0. The Kier molecular flexibility index (Phi) is 4.27. The van der Waals surface area contributed by atoms with Crippen LogP contribution in [0.2, 0.25) is 0 Å². The largest absolute Gasteiger partial charge is 0.325 e. The van der Waals surface area contributed by atoms with Crippen molar-refractivity contribution in [2.24, 2.45) is 0 Å². The molecule has 3 nitrogen and oxygen atoms in total. The maximum absolute atomic E-state index is 4.54. The Labute approximate surface area is 122 Å². The summed E-state index contributed by atoms with van der Waals surface area (Å²) in [5, 5.41) is 3.43. The molecule has 0 aliphatic rings. The molecule has 0 amide bonds. The summed E-state index contributed by atoms with van der Waals surface area (Å²) in [6.45, 7) is 7.32. The average Bonchev–Trinajstić information content (AvgIpc) is 2.66. The first-order valence-electron chi connectivity index (χ1n) is 6.17.